The van der Waals surface area contributed by atoms with Crippen LogP contribution < -0.4 is 74.0 Å². The average Bonchev–Trinajstić information content (AvgIpc) is 2.08. The third kappa shape index (κ3) is 2.71. The summed E-state index contributed by atoms with van der Waals surface area (Å²) in [6.45, 7) is 0. The van der Waals surface area contributed by atoms with Gasteiger partial charge in [-0.1, -0.05) is 0 Å². The van der Waals surface area contributed by atoms with Crippen LogP contribution in [0.4, 0.5) is 0 Å². The summed E-state index contributed by atoms with van der Waals surface area (Å²) >= 11 is 5.24. The summed E-state index contributed by atoms with van der Waals surface area (Å²) in [6.07, 6.45) is 0. The van der Waals surface area contributed by atoms with E-state index in [2.05, 4.69) is 31.9 Å². The first-order valence-corrected chi connectivity index (χ1v) is 4.30. The monoisotopic (exact) mass is 428 g/mol. The molecule has 0 atom stereocenters. The van der Waals surface area contributed by atoms with Crippen LogP contribution in [-0.2, 0) is 9.59 Å². The smallest absolute Gasteiger partial charge is 0.869 e. The Balaban J connectivity index is 0.00000144. The van der Waals surface area contributed by atoms with Crippen molar-refractivity contribution in [2.45, 2.75) is 0 Å². The summed E-state index contributed by atoms with van der Waals surface area (Å²) in [5, 5.41) is 19.9. The van der Waals surface area contributed by atoms with Crippen molar-refractivity contribution in [3.8, 4) is 0 Å². The van der Waals surface area contributed by atoms with Crippen molar-refractivity contribution >= 4 is 43.4 Å². The number of carbonyl (C=O) groups excluding carboxylic acids is 2. The summed E-state index contributed by atoms with van der Waals surface area (Å²) in [4.78, 5) is 21.7. The Hall–Kier alpha value is 1.43. The van der Waals surface area contributed by atoms with E-state index in [0.717, 1.165) is 0 Å². The Labute approximate surface area is 149 Å². The zero-order chi connectivity index (χ0) is 9.46. The van der Waals surface area contributed by atoms with Crippen molar-refractivity contribution in [3.63, 3.8) is 0 Å². The van der Waals surface area contributed by atoms with Crippen molar-refractivity contribution < 1.29 is 88.7 Å². The van der Waals surface area contributed by atoms with Gasteiger partial charge >= 0.3 is 68.9 Å². The van der Waals surface area contributed by atoms with Crippen LogP contribution in [0.1, 0.15) is 0 Å². The predicted molar refractivity (Wildman–Crippen MR) is 44.5 cm³/mol. The molecule has 0 aromatic heterocycles. The first-order chi connectivity index (χ1) is 5.46. The largest absolute Gasteiger partial charge is 1.00 e. The summed E-state index contributed by atoms with van der Waals surface area (Å²) < 4.78 is -0.825. The minimum atomic E-state index is -0.954. The van der Waals surface area contributed by atoms with Crippen LogP contribution in [0.25, 0.3) is 0 Å². The van der Waals surface area contributed by atoms with Crippen molar-refractivity contribution in [2.24, 2.45) is 0 Å². The fraction of sp³-hybridized carbons (Fsp3) is 0. The van der Waals surface area contributed by atoms with E-state index in [1.807, 2.05) is 0 Å². The van der Waals surface area contributed by atoms with Crippen LogP contribution in [0, 0.1) is 0 Å². The molecule has 0 aliphatic heterocycles. The van der Waals surface area contributed by atoms with Crippen molar-refractivity contribution in [3.05, 3.63) is 20.5 Å². The third-order valence-corrected chi connectivity index (χ3v) is 2.68. The number of Topliss-reactive ketones (excluding diaryl/α,β-unsaturated/α-hetero) is 2. The van der Waals surface area contributed by atoms with Gasteiger partial charge in [-0.3, -0.25) is 9.59 Å². The van der Waals surface area contributed by atoms with Crippen LogP contribution in [-0.4, -0.2) is 16.7 Å². The molecule has 1 N–H and O–H groups in total. The first kappa shape index (κ1) is 14.4. The molecule has 0 bridgehead atoms. The number of ketones is 2. The molecule has 1 aliphatic carbocycles. The van der Waals surface area contributed by atoms with E-state index >= 15 is 0 Å². The molecule has 0 aromatic rings. The van der Waals surface area contributed by atoms with E-state index in [1.54, 1.807) is 0 Å². The Kier molecular flexibility index (Phi) is 6.10. The maximum atomic E-state index is 10.9. The van der Waals surface area contributed by atoms with Crippen molar-refractivity contribution in [1.29, 1.82) is 0 Å². The molecule has 4 nitrogen and oxygen atoms in total. The SMILES string of the molecule is O=C1C(=O)C(Br)=C(O)C([O-])=C1Br.[Cs+]. The minimum Gasteiger partial charge on any atom is -0.869 e. The molecule has 0 radical (unpaired) electrons. The third-order valence-electron chi connectivity index (χ3n) is 1.23. The maximum Gasteiger partial charge on any atom is 1.00 e. The van der Waals surface area contributed by atoms with E-state index in [4.69, 9.17) is 5.11 Å². The van der Waals surface area contributed by atoms with Gasteiger partial charge in [-0.15, -0.1) is 0 Å². The Bertz CT molecular complexity index is 295. The maximum absolute atomic E-state index is 10.9. The minimum absolute atomic E-state index is 0. The topological polar surface area (TPSA) is 77.4 Å². The molecule has 0 saturated carbocycles. The van der Waals surface area contributed by atoms with Gasteiger partial charge in [-0.05, 0) is 37.6 Å². The normalized spacial score (nSPS) is 17.7. The molecular weight excluding hydrogens is 429 g/mol. The molecule has 64 valence electrons. The van der Waals surface area contributed by atoms with Crippen LogP contribution in [0.15, 0.2) is 20.5 Å². The van der Waals surface area contributed by atoms with E-state index in [9.17, 15) is 14.7 Å². The van der Waals surface area contributed by atoms with Gasteiger partial charge in [0, 0.05) is 0 Å². The Morgan fingerprint density at radius 3 is 1.92 bits per heavy atom. The zero-order valence-electron chi connectivity index (χ0n) is 6.43. The first-order valence-electron chi connectivity index (χ1n) is 2.71. The van der Waals surface area contributed by atoms with Gasteiger partial charge in [0.2, 0.25) is 11.6 Å². The number of halogens is 2. The van der Waals surface area contributed by atoms with Crippen LogP contribution in [0.3, 0.4) is 0 Å². The molecule has 1 rings (SSSR count). The molecule has 7 heteroatoms. The molecule has 0 amide bonds. The number of hydrogen-bond acceptors (Lipinski definition) is 4. The van der Waals surface area contributed by atoms with Crippen LogP contribution in [0.2, 0.25) is 0 Å². The predicted octanol–water partition coefficient (Wildman–Crippen LogP) is -2.73. The molecule has 1 aliphatic rings. The van der Waals surface area contributed by atoms with E-state index in [-0.39, 0.29) is 73.4 Å². The van der Waals surface area contributed by atoms with Gasteiger partial charge in [-0.25, -0.2) is 0 Å². The zero-order valence-corrected chi connectivity index (χ0v) is 15.9. The molecule has 0 unspecified atom stereocenters. The van der Waals surface area contributed by atoms with Crippen LogP contribution >= 0.6 is 31.9 Å². The van der Waals surface area contributed by atoms with Gasteiger partial charge in [0.15, 0.2) is 0 Å². The van der Waals surface area contributed by atoms with Gasteiger partial charge in [0.1, 0.15) is 10.2 Å². The van der Waals surface area contributed by atoms with E-state index < -0.39 is 27.6 Å². The fourth-order valence-corrected chi connectivity index (χ4v) is 1.34. The molecule has 0 fully saturated rings. The van der Waals surface area contributed by atoms with Crippen molar-refractivity contribution in [2.75, 3.05) is 0 Å². The summed E-state index contributed by atoms with van der Waals surface area (Å²) in [7, 11) is 0. The second kappa shape index (κ2) is 5.50. The number of carbonyl (C=O) groups is 2. The standard InChI is InChI=1S/C6H2Br2O4.Cs/c7-1-3(9)5(11)2(8)6(12)4(1)10;/h9,11H;/q;+1/p-1. The molecule has 0 aromatic carbocycles. The molecule has 0 heterocycles. The Morgan fingerprint density at radius 2 is 1.46 bits per heavy atom. The summed E-state index contributed by atoms with van der Waals surface area (Å²) in [6, 6.07) is 0. The number of hydrogen-bond donors (Lipinski definition) is 1. The number of allylic oxidation sites excluding steroid dienone is 2. The van der Waals surface area contributed by atoms with Crippen molar-refractivity contribution in [1.82, 2.24) is 0 Å². The number of aliphatic hydroxyl groups excluding tert-OH is 1. The molecule has 0 spiro atoms. The van der Waals surface area contributed by atoms with Gasteiger partial charge < -0.3 is 10.2 Å². The van der Waals surface area contributed by atoms with Crippen LogP contribution in [0.5, 0.6) is 0 Å². The fourth-order valence-electron chi connectivity index (χ4n) is 0.614. The quantitative estimate of drug-likeness (QED) is 0.335. The van der Waals surface area contributed by atoms with E-state index in [1.165, 1.54) is 0 Å². The number of rotatable bonds is 0. The second-order valence-electron chi connectivity index (χ2n) is 1.96. The van der Waals surface area contributed by atoms with Gasteiger partial charge in [0.05, 0.1) is 4.48 Å². The Morgan fingerprint density at radius 1 is 1.08 bits per heavy atom. The summed E-state index contributed by atoms with van der Waals surface area (Å²) in [5.74, 6) is -3.51. The van der Waals surface area contributed by atoms with Gasteiger partial charge in [0.25, 0.3) is 0 Å². The van der Waals surface area contributed by atoms with E-state index in [0.29, 0.717) is 0 Å². The molecule has 0 saturated heterocycles. The summed E-state index contributed by atoms with van der Waals surface area (Å²) in [5.41, 5.74) is 0. The number of aliphatic hydroxyl groups is 1. The average molecular weight is 430 g/mol. The molecule has 13 heavy (non-hydrogen) atoms. The second-order valence-corrected chi connectivity index (χ2v) is 3.55. The molecular formula is C6HBr2CsO4. The van der Waals surface area contributed by atoms with Gasteiger partial charge in [-0.2, -0.15) is 0 Å².